The molecule has 136 valence electrons. The number of nitrogens with one attached hydrogen (secondary N) is 1. The fraction of sp³-hybridized carbons (Fsp3) is 0.105. The molecule has 27 heavy (non-hydrogen) atoms. The van der Waals surface area contributed by atoms with Gasteiger partial charge in [-0.25, -0.2) is 9.67 Å². The highest BCUT2D eigenvalue weighted by atomic mass is 35.5. The maximum absolute atomic E-state index is 12.9. The van der Waals surface area contributed by atoms with Crippen molar-refractivity contribution >= 4 is 34.2 Å². The van der Waals surface area contributed by atoms with Crippen LogP contribution in [0.1, 0.15) is 16.1 Å². The van der Waals surface area contributed by atoms with Gasteiger partial charge in [-0.2, -0.15) is 5.10 Å². The standard InChI is InChI=1S/C19H15ClN4O3/c1-11-14-8-13(26-2)4-6-17(14)27-18(11)19(25)23-15-7-12(20)3-5-16(15)24-10-21-9-22-24/h3-10H,1-2H3,(H,23,25). The number of ether oxygens (including phenoxy) is 1. The molecule has 4 rings (SSSR count). The van der Waals surface area contributed by atoms with Gasteiger partial charge in [0.05, 0.1) is 18.5 Å². The Morgan fingerprint density at radius 1 is 1.26 bits per heavy atom. The summed E-state index contributed by atoms with van der Waals surface area (Å²) in [6.45, 7) is 1.83. The summed E-state index contributed by atoms with van der Waals surface area (Å²) in [6, 6.07) is 10.5. The number of nitrogens with zero attached hydrogens (tertiary/aromatic N) is 3. The zero-order valence-corrected chi connectivity index (χ0v) is 15.3. The molecule has 0 fully saturated rings. The van der Waals surface area contributed by atoms with Gasteiger partial charge >= 0.3 is 0 Å². The van der Waals surface area contributed by atoms with Crippen LogP contribution in [0.5, 0.6) is 5.75 Å². The number of anilines is 1. The summed E-state index contributed by atoms with van der Waals surface area (Å²) in [5, 5.41) is 8.26. The van der Waals surface area contributed by atoms with E-state index in [0.717, 1.165) is 10.9 Å². The molecule has 2 heterocycles. The number of hydrogen-bond acceptors (Lipinski definition) is 5. The predicted octanol–water partition coefficient (Wildman–Crippen LogP) is 4.24. The molecule has 0 atom stereocenters. The van der Waals surface area contributed by atoms with Crippen LogP contribution in [0.15, 0.2) is 53.5 Å². The zero-order valence-electron chi connectivity index (χ0n) is 14.6. The fourth-order valence-electron chi connectivity index (χ4n) is 2.86. The minimum atomic E-state index is -0.383. The minimum absolute atomic E-state index is 0.225. The highest BCUT2D eigenvalue weighted by molar-refractivity contribution is 6.31. The number of aromatic nitrogens is 3. The number of carbonyl (C=O) groups excluding carboxylic acids is 1. The Bertz CT molecular complexity index is 1140. The fourth-order valence-corrected chi connectivity index (χ4v) is 3.04. The normalized spacial score (nSPS) is 10.9. The first-order valence-electron chi connectivity index (χ1n) is 8.10. The van der Waals surface area contributed by atoms with Crippen molar-refractivity contribution < 1.29 is 13.9 Å². The molecule has 0 aliphatic carbocycles. The van der Waals surface area contributed by atoms with Crippen molar-refractivity contribution in [2.24, 2.45) is 0 Å². The summed E-state index contributed by atoms with van der Waals surface area (Å²) >= 11 is 6.10. The van der Waals surface area contributed by atoms with Gasteiger partial charge in [0.2, 0.25) is 0 Å². The molecule has 0 radical (unpaired) electrons. The van der Waals surface area contributed by atoms with Gasteiger partial charge in [-0.1, -0.05) is 11.6 Å². The number of halogens is 1. The van der Waals surface area contributed by atoms with Gasteiger partial charge in [-0.15, -0.1) is 0 Å². The van der Waals surface area contributed by atoms with Crippen molar-refractivity contribution in [3.8, 4) is 11.4 Å². The third-order valence-electron chi connectivity index (χ3n) is 4.22. The first-order chi connectivity index (χ1) is 13.1. The van der Waals surface area contributed by atoms with Gasteiger partial charge in [0.15, 0.2) is 5.76 Å². The van der Waals surface area contributed by atoms with Gasteiger partial charge < -0.3 is 14.5 Å². The van der Waals surface area contributed by atoms with Crippen LogP contribution in [0.4, 0.5) is 5.69 Å². The largest absolute Gasteiger partial charge is 0.497 e. The average molecular weight is 383 g/mol. The van der Waals surface area contributed by atoms with Crippen LogP contribution in [0.25, 0.3) is 16.7 Å². The van der Waals surface area contributed by atoms with E-state index in [1.165, 1.54) is 12.7 Å². The van der Waals surface area contributed by atoms with Crippen molar-refractivity contribution in [1.82, 2.24) is 14.8 Å². The van der Waals surface area contributed by atoms with Gasteiger partial charge in [-0.3, -0.25) is 4.79 Å². The molecule has 0 spiro atoms. The summed E-state index contributed by atoms with van der Waals surface area (Å²) < 4.78 is 12.5. The average Bonchev–Trinajstić information content (AvgIpc) is 3.30. The second-order valence-electron chi connectivity index (χ2n) is 5.87. The Morgan fingerprint density at radius 3 is 2.85 bits per heavy atom. The van der Waals surface area contributed by atoms with Gasteiger partial charge in [-0.05, 0) is 43.3 Å². The summed E-state index contributed by atoms with van der Waals surface area (Å²) in [6.07, 6.45) is 2.95. The van der Waals surface area contributed by atoms with Crippen molar-refractivity contribution in [3.63, 3.8) is 0 Å². The monoisotopic (exact) mass is 382 g/mol. The lowest BCUT2D eigenvalue weighted by Crippen LogP contribution is -2.14. The Hall–Kier alpha value is -3.32. The summed E-state index contributed by atoms with van der Waals surface area (Å²) in [4.78, 5) is 16.8. The molecular formula is C19H15ClN4O3. The number of benzene rings is 2. The topological polar surface area (TPSA) is 82.2 Å². The molecule has 0 aliphatic rings. The number of rotatable bonds is 4. The second kappa shape index (κ2) is 6.77. The predicted molar refractivity (Wildman–Crippen MR) is 102 cm³/mol. The number of aryl methyl sites for hydroxylation is 1. The molecule has 7 nitrogen and oxygen atoms in total. The first kappa shape index (κ1) is 17.1. The number of furan rings is 1. The van der Waals surface area contributed by atoms with E-state index in [0.29, 0.717) is 27.7 Å². The number of hydrogen-bond donors (Lipinski definition) is 1. The Kier molecular flexibility index (Phi) is 4.29. The molecule has 0 bridgehead atoms. The van der Waals surface area contributed by atoms with Crippen molar-refractivity contribution in [3.05, 3.63) is 65.4 Å². The van der Waals surface area contributed by atoms with Crippen LogP contribution in [-0.2, 0) is 0 Å². The van der Waals surface area contributed by atoms with E-state index in [1.807, 2.05) is 13.0 Å². The molecule has 4 aromatic rings. The number of carbonyl (C=O) groups is 1. The van der Waals surface area contributed by atoms with Crippen LogP contribution >= 0.6 is 11.6 Å². The van der Waals surface area contributed by atoms with E-state index in [2.05, 4.69) is 15.4 Å². The molecular weight excluding hydrogens is 368 g/mol. The Morgan fingerprint density at radius 2 is 2.11 bits per heavy atom. The maximum atomic E-state index is 12.9. The van der Waals surface area contributed by atoms with E-state index in [1.54, 1.807) is 42.1 Å². The Balaban J connectivity index is 1.72. The molecule has 2 aromatic heterocycles. The second-order valence-corrected chi connectivity index (χ2v) is 6.31. The molecule has 8 heteroatoms. The third kappa shape index (κ3) is 3.13. The highest BCUT2D eigenvalue weighted by Gasteiger charge is 2.20. The summed E-state index contributed by atoms with van der Waals surface area (Å²) in [5.74, 6) is 0.538. The molecule has 1 amide bonds. The van der Waals surface area contributed by atoms with E-state index in [-0.39, 0.29) is 11.7 Å². The smallest absolute Gasteiger partial charge is 0.291 e. The molecule has 0 aliphatic heterocycles. The lowest BCUT2D eigenvalue weighted by Gasteiger charge is -2.10. The lowest BCUT2D eigenvalue weighted by atomic mass is 10.1. The first-order valence-corrected chi connectivity index (χ1v) is 8.47. The Labute approximate surface area is 159 Å². The quantitative estimate of drug-likeness (QED) is 0.571. The summed E-state index contributed by atoms with van der Waals surface area (Å²) in [7, 11) is 1.59. The number of fused-ring (bicyclic) bond motifs is 1. The van der Waals surface area contributed by atoms with Crippen LogP contribution < -0.4 is 10.1 Å². The molecule has 1 N–H and O–H groups in total. The van der Waals surface area contributed by atoms with E-state index < -0.39 is 0 Å². The van der Waals surface area contributed by atoms with Gasteiger partial charge in [0.1, 0.15) is 24.0 Å². The van der Waals surface area contributed by atoms with Crippen LogP contribution in [0.2, 0.25) is 5.02 Å². The van der Waals surface area contributed by atoms with Gasteiger partial charge in [0, 0.05) is 16.0 Å². The van der Waals surface area contributed by atoms with E-state index >= 15 is 0 Å². The molecule has 0 saturated heterocycles. The van der Waals surface area contributed by atoms with Crippen molar-refractivity contribution in [1.29, 1.82) is 0 Å². The van der Waals surface area contributed by atoms with E-state index in [9.17, 15) is 4.79 Å². The van der Waals surface area contributed by atoms with Crippen molar-refractivity contribution in [2.45, 2.75) is 6.92 Å². The van der Waals surface area contributed by atoms with E-state index in [4.69, 9.17) is 20.8 Å². The molecule has 2 aromatic carbocycles. The van der Waals surface area contributed by atoms with Crippen molar-refractivity contribution in [2.75, 3.05) is 12.4 Å². The highest BCUT2D eigenvalue weighted by Crippen LogP contribution is 2.30. The third-order valence-corrected chi connectivity index (χ3v) is 4.46. The van der Waals surface area contributed by atoms with Crippen LogP contribution in [-0.4, -0.2) is 27.8 Å². The maximum Gasteiger partial charge on any atom is 0.291 e. The number of methoxy groups -OCH3 is 1. The molecule has 0 saturated carbocycles. The van der Waals surface area contributed by atoms with Gasteiger partial charge in [0.25, 0.3) is 5.91 Å². The molecule has 0 unspecified atom stereocenters. The minimum Gasteiger partial charge on any atom is -0.497 e. The van der Waals surface area contributed by atoms with Crippen LogP contribution in [0.3, 0.4) is 0 Å². The zero-order chi connectivity index (χ0) is 19.0. The number of amides is 1. The lowest BCUT2D eigenvalue weighted by molar-refractivity contribution is 0.0998. The summed E-state index contributed by atoms with van der Waals surface area (Å²) in [5.41, 5.74) is 2.47. The van der Waals surface area contributed by atoms with Crippen LogP contribution in [0, 0.1) is 6.92 Å². The SMILES string of the molecule is COc1ccc2oc(C(=O)Nc3cc(Cl)ccc3-n3cncn3)c(C)c2c1.